The molecule has 0 spiro atoms. The SMILES string of the molecule is COC(=O)c1ccc(CSc2cc(Cl)ccc2N)c(Br)c1. The van der Waals surface area contributed by atoms with Crippen LogP contribution in [0.1, 0.15) is 15.9 Å². The first kappa shape index (κ1) is 16.2. The molecule has 0 amide bonds. The minimum absolute atomic E-state index is 0.353. The fraction of sp³-hybridized carbons (Fsp3) is 0.133. The molecule has 21 heavy (non-hydrogen) atoms. The molecule has 0 aliphatic rings. The third kappa shape index (κ3) is 4.15. The van der Waals surface area contributed by atoms with Gasteiger partial charge in [-0.05, 0) is 35.9 Å². The second-order valence-corrected chi connectivity index (χ2v) is 6.58. The number of halogens is 2. The molecule has 0 atom stereocenters. The standard InChI is InChI=1S/C15H13BrClNO2S/c1-20-15(19)9-2-3-10(12(16)6-9)8-21-14-7-11(17)4-5-13(14)18/h2-7H,8,18H2,1H3. The van der Waals surface area contributed by atoms with Crippen LogP contribution in [0.4, 0.5) is 5.69 Å². The van der Waals surface area contributed by atoms with E-state index in [1.165, 1.54) is 7.11 Å². The van der Waals surface area contributed by atoms with Gasteiger partial charge >= 0.3 is 5.97 Å². The highest BCUT2D eigenvalue weighted by atomic mass is 79.9. The van der Waals surface area contributed by atoms with Crippen molar-refractivity contribution in [3.63, 3.8) is 0 Å². The maximum Gasteiger partial charge on any atom is 0.337 e. The lowest BCUT2D eigenvalue weighted by Crippen LogP contribution is -2.01. The lowest BCUT2D eigenvalue weighted by atomic mass is 10.1. The van der Waals surface area contributed by atoms with Gasteiger partial charge in [-0.1, -0.05) is 33.6 Å². The number of carbonyl (C=O) groups excluding carboxylic acids is 1. The predicted molar refractivity (Wildman–Crippen MR) is 90.9 cm³/mol. The Kier molecular flexibility index (Phi) is 5.56. The third-order valence-electron chi connectivity index (χ3n) is 2.83. The molecule has 2 aromatic rings. The van der Waals surface area contributed by atoms with E-state index in [4.69, 9.17) is 22.1 Å². The number of benzene rings is 2. The molecule has 0 bridgehead atoms. The van der Waals surface area contributed by atoms with E-state index < -0.39 is 0 Å². The monoisotopic (exact) mass is 385 g/mol. The Labute approximate surface area is 140 Å². The molecule has 3 nitrogen and oxygen atoms in total. The average molecular weight is 387 g/mol. The number of hydrogen-bond acceptors (Lipinski definition) is 4. The van der Waals surface area contributed by atoms with Crippen LogP contribution in [0.15, 0.2) is 45.8 Å². The van der Waals surface area contributed by atoms with E-state index in [1.807, 2.05) is 12.1 Å². The summed E-state index contributed by atoms with van der Waals surface area (Å²) in [4.78, 5) is 12.4. The van der Waals surface area contributed by atoms with E-state index in [1.54, 1.807) is 36.0 Å². The van der Waals surface area contributed by atoms with Gasteiger partial charge in [0.2, 0.25) is 0 Å². The maximum atomic E-state index is 11.5. The molecule has 2 N–H and O–H groups in total. The van der Waals surface area contributed by atoms with E-state index in [0.717, 1.165) is 14.9 Å². The Balaban J connectivity index is 2.13. The third-order valence-corrected chi connectivity index (χ3v) is 4.93. The number of esters is 1. The Morgan fingerprint density at radius 1 is 1.33 bits per heavy atom. The predicted octanol–water partition coefficient (Wildman–Crippen LogP) is 4.76. The van der Waals surface area contributed by atoms with Gasteiger partial charge in [0.15, 0.2) is 0 Å². The molecule has 6 heteroatoms. The van der Waals surface area contributed by atoms with Crippen LogP contribution in [0, 0.1) is 0 Å². The lowest BCUT2D eigenvalue weighted by molar-refractivity contribution is 0.0600. The first-order valence-electron chi connectivity index (χ1n) is 6.06. The first-order valence-corrected chi connectivity index (χ1v) is 8.21. The van der Waals surface area contributed by atoms with Crippen molar-refractivity contribution in [2.75, 3.05) is 12.8 Å². The second-order valence-electron chi connectivity index (χ2n) is 4.27. The fourth-order valence-electron chi connectivity index (χ4n) is 1.70. The number of thioether (sulfide) groups is 1. The van der Waals surface area contributed by atoms with Crippen molar-refractivity contribution in [2.24, 2.45) is 0 Å². The van der Waals surface area contributed by atoms with Crippen molar-refractivity contribution in [3.8, 4) is 0 Å². The molecule has 0 aromatic heterocycles. The van der Waals surface area contributed by atoms with Crippen LogP contribution in [-0.2, 0) is 10.5 Å². The number of anilines is 1. The van der Waals surface area contributed by atoms with Crippen LogP contribution < -0.4 is 5.73 Å². The van der Waals surface area contributed by atoms with E-state index in [0.29, 0.717) is 22.0 Å². The number of methoxy groups -OCH3 is 1. The number of hydrogen-bond donors (Lipinski definition) is 1. The van der Waals surface area contributed by atoms with Crippen LogP contribution in [0.25, 0.3) is 0 Å². The van der Waals surface area contributed by atoms with Crippen molar-refractivity contribution in [1.82, 2.24) is 0 Å². The van der Waals surface area contributed by atoms with Gasteiger partial charge in [-0.3, -0.25) is 0 Å². The molecule has 110 valence electrons. The van der Waals surface area contributed by atoms with Crippen LogP contribution in [-0.4, -0.2) is 13.1 Å². The normalized spacial score (nSPS) is 10.4. The summed E-state index contributed by atoms with van der Waals surface area (Å²) in [6.45, 7) is 0. The Morgan fingerprint density at radius 2 is 2.10 bits per heavy atom. The Hall–Kier alpha value is -1.17. The van der Waals surface area contributed by atoms with Gasteiger partial charge in [0.1, 0.15) is 0 Å². The topological polar surface area (TPSA) is 52.3 Å². The van der Waals surface area contributed by atoms with Gasteiger partial charge in [-0.2, -0.15) is 0 Å². The quantitative estimate of drug-likeness (QED) is 0.467. The molecule has 0 aliphatic heterocycles. The van der Waals surface area contributed by atoms with Crippen LogP contribution in [0.2, 0.25) is 5.02 Å². The zero-order chi connectivity index (χ0) is 15.4. The van der Waals surface area contributed by atoms with Gasteiger partial charge in [0.05, 0.1) is 12.7 Å². The minimum atomic E-state index is -0.353. The van der Waals surface area contributed by atoms with Crippen molar-refractivity contribution >= 4 is 50.9 Å². The van der Waals surface area contributed by atoms with E-state index >= 15 is 0 Å². The smallest absolute Gasteiger partial charge is 0.337 e. The van der Waals surface area contributed by atoms with Gasteiger partial charge in [-0.25, -0.2) is 4.79 Å². The maximum absolute atomic E-state index is 11.5. The molecule has 0 heterocycles. The van der Waals surface area contributed by atoms with Gasteiger partial charge in [0.25, 0.3) is 0 Å². The van der Waals surface area contributed by atoms with E-state index in [-0.39, 0.29) is 5.97 Å². The van der Waals surface area contributed by atoms with Gasteiger partial charge in [-0.15, -0.1) is 11.8 Å². The molecule has 0 radical (unpaired) electrons. The molecular formula is C15H13BrClNO2S. The highest BCUT2D eigenvalue weighted by Crippen LogP contribution is 2.32. The lowest BCUT2D eigenvalue weighted by Gasteiger charge is -2.08. The Bertz CT molecular complexity index is 679. The summed E-state index contributed by atoms with van der Waals surface area (Å²) >= 11 is 11.0. The molecular weight excluding hydrogens is 374 g/mol. The summed E-state index contributed by atoms with van der Waals surface area (Å²) in [7, 11) is 1.36. The highest BCUT2D eigenvalue weighted by molar-refractivity contribution is 9.10. The van der Waals surface area contributed by atoms with Crippen molar-refractivity contribution in [1.29, 1.82) is 0 Å². The van der Waals surface area contributed by atoms with Crippen molar-refractivity contribution in [3.05, 3.63) is 57.0 Å². The molecule has 0 saturated carbocycles. The summed E-state index contributed by atoms with van der Waals surface area (Å²) in [6, 6.07) is 10.8. The average Bonchev–Trinajstić information content (AvgIpc) is 2.48. The molecule has 0 fully saturated rings. The highest BCUT2D eigenvalue weighted by Gasteiger charge is 2.09. The van der Waals surface area contributed by atoms with Crippen LogP contribution in [0.5, 0.6) is 0 Å². The number of rotatable bonds is 4. The number of ether oxygens (including phenoxy) is 1. The summed E-state index contributed by atoms with van der Waals surface area (Å²) in [5.41, 5.74) is 8.20. The summed E-state index contributed by atoms with van der Waals surface area (Å²) in [6.07, 6.45) is 0. The zero-order valence-corrected chi connectivity index (χ0v) is 14.4. The fourth-order valence-corrected chi connectivity index (χ4v) is 3.65. The molecule has 0 aliphatic carbocycles. The minimum Gasteiger partial charge on any atom is -0.465 e. The molecule has 2 rings (SSSR count). The van der Waals surface area contributed by atoms with Crippen LogP contribution >= 0.6 is 39.3 Å². The van der Waals surface area contributed by atoms with E-state index in [2.05, 4.69) is 15.9 Å². The van der Waals surface area contributed by atoms with Crippen LogP contribution in [0.3, 0.4) is 0 Å². The second kappa shape index (κ2) is 7.20. The van der Waals surface area contributed by atoms with Crippen molar-refractivity contribution < 1.29 is 9.53 Å². The first-order chi connectivity index (χ1) is 10.0. The summed E-state index contributed by atoms with van der Waals surface area (Å²) < 4.78 is 5.55. The molecule has 2 aromatic carbocycles. The molecule has 0 unspecified atom stereocenters. The zero-order valence-electron chi connectivity index (χ0n) is 11.2. The van der Waals surface area contributed by atoms with Gasteiger partial charge in [0, 0.05) is 25.8 Å². The summed E-state index contributed by atoms with van der Waals surface area (Å²) in [5.74, 6) is 0.362. The number of carbonyl (C=O) groups is 1. The van der Waals surface area contributed by atoms with E-state index in [9.17, 15) is 4.79 Å². The number of nitrogen functional groups attached to an aromatic ring is 1. The van der Waals surface area contributed by atoms with Crippen molar-refractivity contribution in [2.45, 2.75) is 10.6 Å². The number of nitrogens with two attached hydrogens (primary N) is 1. The van der Waals surface area contributed by atoms with Gasteiger partial charge < -0.3 is 10.5 Å². The Morgan fingerprint density at radius 3 is 2.76 bits per heavy atom. The summed E-state index contributed by atoms with van der Waals surface area (Å²) in [5, 5.41) is 0.659. The largest absolute Gasteiger partial charge is 0.465 e. The molecule has 0 saturated heterocycles.